The van der Waals surface area contributed by atoms with Crippen LogP contribution in [-0.2, 0) is 0 Å². The van der Waals surface area contributed by atoms with Crippen LogP contribution in [0.15, 0.2) is 42.7 Å². The minimum Gasteiger partial charge on any atom is -0.383 e. The molecule has 0 radical (unpaired) electrons. The van der Waals surface area contributed by atoms with Crippen molar-refractivity contribution < 1.29 is 4.79 Å². The summed E-state index contributed by atoms with van der Waals surface area (Å²) < 4.78 is 0. The Morgan fingerprint density at radius 3 is 2.89 bits per heavy atom. The highest BCUT2D eigenvalue weighted by Crippen LogP contribution is 2.17. The number of aromatic nitrogens is 3. The maximum atomic E-state index is 12.0. The monoisotopic (exact) mass is 253 g/mol. The summed E-state index contributed by atoms with van der Waals surface area (Å²) in [6.45, 7) is 0. The highest BCUT2D eigenvalue weighted by molar-refractivity contribution is 6.07. The van der Waals surface area contributed by atoms with Gasteiger partial charge in [-0.05, 0) is 12.1 Å². The van der Waals surface area contributed by atoms with Crippen LogP contribution in [0.25, 0.3) is 10.9 Å². The molecule has 2 heterocycles. The Balaban J connectivity index is 1.89. The number of rotatable bonds is 2. The Kier molecular flexibility index (Phi) is 2.60. The van der Waals surface area contributed by atoms with Gasteiger partial charge in [0.25, 0.3) is 5.91 Å². The van der Waals surface area contributed by atoms with E-state index in [1.165, 1.54) is 6.20 Å². The first-order chi connectivity index (χ1) is 9.24. The summed E-state index contributed by atoms with van der Waals surface area (Å²) >= 11 is 0. The molecule has 94 valence electrons. The third-order valence-electron chi connectivity index (χ3n) is 2.76. The molecule has 0 unspecified atom stereocenters. The first kappa shape index (κ1) is 11.2. The molecule has 3 aromatic rings. The van der Waals surface area contributed by atoms with E-state index in [0.717, 1.165) is 10.9 Å². The highest BCUT2D eigenvalue weighted by atomic mass is 16.1. The SMILES string of the molecule is Nc1[nH]ncc1C(=O)Nc1cnc2ccccc2c1. The van der Waals surface area contributed by atoms with Crippen molar-refractivity contribution >= 4 is 28.3 Å². The van der Waals surface area contributed by atoms with Gasteiger partial charge in [0.15, 0.2) is 0 Å². The van der Waals surface area contributed by atoms with Crippen LogP contribution in [0.5, 0.6) is 0 Å². The van der Waals surface area contributed by atoms with Gasteiger partial charge in [-0.2, -0.15) is 5.10 Å². The van der Waals surface area contributed by atoms with Gasteiger partial charge in [-0.3, -0.25) is 14.9 Å². The first-order valence-electron chi connectivity index (χ1n) is 5.69. The Morgan fingerprint density at radius 2 is 2.11 bits per heavy atom. The van der Waals surface area contributed by atoms with E-state index in [1.54, 1.807) is 6.20 Å². The topological polar surface area (TPSA) is 96.7 Å². The Labute approximate surface area is 108 Å². The highest BCUT2D eigenvalue weighted by Gasteiger charge is 2.11. The van der Waals surface area contributed by atoms with E-state index >= 15 is 0 Å². The lowest BCUT2D eigenvalue weighted by molar-refractivity contribution is 0.102. The summed E-state index contributed by atoms with van der Waals surface area (Å²) in [4.78, 5) is 16.2. The molecule has 1 aromatic carbocycles. The van der Waals surface area contributed by atoms with E-state index < -0.39 is 0 Å². The van der Waals surface area contributed by atoms with E-state index in [2.05, 4.69) is 20.5 Å². The van der Waals surface area contributed by atoms with Gasteiger partial charge in [0.1, 0.15) is 11.4 Å². The molecule has 0 fully saturated rings. The van der Waals surface area contributed by atoms with Gasteiger partial charge in [-0.15, -0.1) is 0 Å². The summed E-state index contributed by atoms with van der Waals surface area (Å²) in [6.07, 6.45) is 3.00. The number of anilines is 2. The molecule has 1 amide bonds. The number of carbonyl (C=O) groups excluding carboxylic acids is 1. The number of amides is 1. The average Bonchev–Trinajstić information content (AvgIpc) is 2.85. The van der Waals surface area contributed by atoms with Crippen LogP contribution < -0.4 is 11.1 Å². The Hall–Kier alpha value is -2.89. The molecule has 0 spiro atoms. The second kappa shape index (κ2) is 4.41. The number of hydrogen-bond donors (Lipinski definition) is 3. The maximum absolute atomic E-state index is 12.0. The lowest BCUT2D eigenvalue weighted by atomic mass is 10.2. The third-order valence-corrected chi connectivity index (χ3v) is 2.76. The number of para-hydroxylation sites is 1. The second-order valence-electron chi connectivity index (χ2n) is 4.07. The van der Waals surface area contributed by atoms with Crippen molar-refractivity contribution in [3.63, 3.8) is 0 Å². The van der Waals surface area contributed by atoms with E-state index in [1.807, 2.05) is 30.3 Å². The number of carbonyl (C=O) groups is 1. The van der Waals surface area contributed by atoms with Gasteiger partial charge in [-0.25, -0.2) is 0 Å². The molecule has 4 N–H and O–H groups in total. The summed E-state index contributed by atoms with van der Waals surface area (Å²) in [5, 5.41) is 9.92. The van der Waals surface area contributed by atoms with Crippen LogP contribution >= 0.6 is 0 Å². The summed E-state index contributed by atoms with van der Waals surface area (Å²) in [7, 11) is 0. The molecule has 0 aliphatic heterocycles. The lowest BCUT2D eigenvalue weighted by Gasteiger charge is -2.05. The van der Waals surface area contributed by atoms with Gasteiger partial charge in [-0.1, -0.05) is 18.2 Å². The normalized spacial score (nSPS) is 10.5. The van der Waals surface area contributed by atoms with E-state index in [9.17, 15) is 4.79 Å². The number of H-pyrrole nitrogens is 1. The Bertz CT molecular complexity index is 749. The first-order valence-corrected chi connectivity index (χ1v) is 5.69. The molecule has 0 saturated carbocycles. The zero-order chi connectivity index (χ0) is 13.2. The molecule has 19 heavy (non-hydrogen) atoms. The van der Waals surface area contributed by atoms with Gasteiger partial charge in [0.05, 0.1) is 23.6 Å². The zero-order valence-corrected chi connectivity index (χ0v) is 9.92. The van der Waals surface area contributed by atoms with Crippen LogP contribution in [0, 0.1) is 0 Å². The van der Waals surface area contributed by atoms with E-state index in [0.29, 0.717) is 11.3 Å². The smallest absolute Gasteiger partial charge is 0.261 e. The van der Waals surface area contributed by atoms with E-state index in [-0.39, 0.29) is 11.7 Å². The molecule has 0 saturated heterocycles. The van der Waals surface area contributed by atoms with Crippen molar-refractivity contribution in [1.29, 1.82) is 0 Å². The van der Waals surface area contributed by atoms with Crippen molar-refractivity contribution in [3.8, 4) is 0 Å². The predicted octanol–water partition coefficient (Wildman–Crippen LogP) is 1.79. The number of hydrogen-bond acceptors (Lipinski definition) is 4. The lowest BCUT2D eigenvalue weighted by Crippen LogP contribution is -2.13. The van der Waals surface area contributed by atoms with Crippen molar-refractivity contribution in [2.75, 3.05) is 11.1 Å². The van der Waals surface area contributed by atoms with Crippen LogP contribution in [-0.4, -0.2) is 21.1 Å². The molecule has 6 nitrogen and oxygen atoms in total. The van der Waals surface area contributed by atoms with E-state index in [4.69, 9.17) is 5.73 Å². The number of fused-ring (bicyclic) bond motifs is 1. The number of aromatic amines is 1. The Morgan fingerprint density at radius 1 is 1.26 bits per heavy atom. The van der Waals surface area contributed by atoms with Crippen molar-refractivity contribution in [2.24, 2.45) is 0 Å². The van der Waals surface area contributed by atoms with Crippen LogP contribution in [0.3, 0.4) is 0 Å². The molecule has 3 rings (SSSR count). The fourth-order valence-corrected chi connectivity index (χ4v) is 1.81. The van der Waals surface area contributed by atoms with Gasteiger partial charge in [0, 0.05) is 5.39 Å². The fraction of sp³-hybridized carbons (Fsp3) is 0. The van der Waals surface area contributed by atoms with Crippen LogP contribution in [0.2, 0.25) is 0 Å². The quantitative estimate of drug-likeness (QED) is 0.648. The molecular formula is C13H11N5O. The zero-order valence-electron chi connectivity index (χ0n) is 9.92. The van der Waals surface area contributed by atoms with Crippen LogP contribution in [0.1, 0.15) is 10.4 Å². The molecule has 0 bridgehead atoms. The molecule has 0 aliphatic carbocycles. The minimum atomic E-state index is -0.316. The number of nitrogens with one attached hydrogen (secondary N) is 2. The molecule has 0 aliphatic rings. The maximum Gasteiger partial charge on any atom is 0.261 e. The van der Waals surface area contributed by atoms with Crippen molar-refractivity contribution in [1.82, 2.24) is 15.2 Å². The van der Waals surface area contributed by atoms with Crippen molar-refractivity contribution in [2.45, 2.75) is 0 Å². The average molecular weight is 253 g/mol. The number of nitrogens with zero attached hydrogens (tertiary/aromatic N) is 2. The molecule has 6 heteroatoms. The molecule has 2 aromatic heterocycles. The fourth-order valence-electron chi connectivity index (χ4n) is 1.81. The third kappa shape index (κ3) is 2.11. The number of benzene rings is 1. The van der Waals surface area contributed by atoms with Crippen molar-refractivity contribution in [3.05, 3.63) is 48.3 Å². The molecular weight excluding hydrogens is 242 g/mol. The number of nitrogens with two attached hydrogens (primary N) is 1. The number of nitrogen functional groups attached to an aromatic ring is 1. The standard InChI is InChI=1S/C13H11N5O/c14-12-10(7-16-18-12)13(19)17-9-5-8-3-1-2-4-11(8)15-6-9/h1-7H,(H,17,19)(H3,14,16,18). The van der Waals surface area contributed by atoms with Crippen LogP contribution in [0.4, 0.5) is 11.5 Å². The van der Waals surface area contributed by atoms with Gasteiger partial charge < -0.3 is 11.1 Å². The molecule has 0 atom stereocenters. The largest absolute Gasteiger partial charge is 0.383 e. The van der Waals surface area contributed by atoms with Gasteiger partial charge in [0.2, 0.25) is 0 Å². The summed E-state index contributed by atoms with van der Waals surface area (Å²) in [6, 6.07) is 9.54. The summed E-state index contributed by atoms with van der Waals surface area (Å²) in [5.41, 5.74) is 7.40. The summed E-state index contributed by atoms with van der Waals surface area (Å²) in [5.74, 6) is -0.0745. The minimum absolute atomic E-state index is 0.242. The predicted molar refractivity (Wildman–Crippen MR) is 72.7 cm³/mol. The second-order valence-corrected chi connectivity index (χ2v) is 4.07. The number of pyridine rings is 1. The van der Waals surface area contributed by atoms with Gasteiger partial charge >= 0.3 is 0 Å².